The van der Waals surface area contributed by atoms with Gasteiger partial charge in [-0.1, -0.05) is 12.1 Å². The lowest BCUT2D eigenvalue weighted by Crippen LogP contribution is -2.52. The molecule has 1 aromatic heterocycles. The van der Waals surface area contributed by atoms with E-state index in [1.807, 2.05) is 19.2 Å². The lowest BCUT2D eigenvalue weighted by atomic mass is 9.85. The number of fused-ring (bicyclic) bond motifs is 2. The second kappa shape index (κ2) is 11.7. The van der Waals surface area contributed by atoms with E-state index >= 15 is 0 Å². The van der Waals surface area contributed by atoms with Crippen molar-refractivity contribution in [3.63, 3.8) is 0 Å². The number of methoxy groups -OCH3 is 1. The van der Waals surface area contributed by atoms with Crippen molar-refractivity contribution in [2.45, 2.75) is 82.2 Å². The lowest BCUT2D eigenvalue weighted by Gasteiger charge is -2.29. The highest BCUT2D eigenvalue weighted by molar-refractivity contribution is 6.05. The van der Waals surface area contributed by atoms with Crippen LogP contribution in [0.15, 0.2) is 48.5 Å². The minimum atomic E-state index is -0.612. The second-order valence-corrected chi connectivity index (χ2v) is 12.5. The van der Waals surface area contributed by atoms with Gasteiger partial charge in [0.25, 0.3) is 5.91 Å². The molecular weight excluding hydrogens is 544 g/mol. The Hall–Kier alpha value is -3.82. The highest BCUT2D eigenvalue weighted by atomic mass is 16.5. The second-order valence-electron chi connectivity index (χ2n) is 12.5. The number of imide groups is 1. The summed E-state index contributed by atoms with van der Waals surface area (Å²) in [5.74, 6) is 0.417. The molecule has 1 N–H and O–H groups in total. The molecule has 7 rings (SSSR count). The molecule has 43 heavy (non-hydrogen) atoms. The monoisotopic (exact) mass is 582 g/mol. The number of benzene rings is 2. The maximum atomic E-state index is 13.0. The molecule has 1 aliphatic carbocycles. The van der Waals surface area contributed by atoms with Crippen LogP contribution in [0.25, 0.3) is 10.9 Å². The number of likely N-dealkylation sites (tertiary alicyclic amines) is 1. The van der Waals surface area contributed by atoms with E-state index in [-0.39, 0.29) is 24.3 Å². The quantitative estimate of drug-likeness (QED) is 0.414. The van der Waals surface area contributed by atoms with Crippen LogP contribution in [0.2, 0.25) is 0 Å². The minimum absolute atomic E-state index is 0.0688. The van der Waals surface area contributed by atoms with Crippen LogP contribution in [0.3, 0.4) is 0 Å². The molecule has 3 aliphatic heterocycles. The molecule has 0 spiro atoms. The summed E-state index contributed by atoms with van der Waals surface area (Å²) >= 11 is 0. The number of aromatic nitrogens is 1. The molecule has 9 nitrogen and oxygen atoms in total. The zero-order chi connectivity index (χ0) is 29.5. The van der Waals surface area contributed by atoms with Crippen LogP contribution in [0.5, 0.6) is 5.75 Å². The van der Waals surface area contributed by atoms with Crippen molar-refractivity contribution in [3.8, 4) is 5.75 Å². The van der Waals surface area contributed by atoms with Crippen molar-refractivity contribution in [1.82, 2.24) is 20.1 Å². The number of ether oxygens (including phenoxy) is 2. The number of amides is 3. The molecular formula is C34H38N4O5. The van der Waals surface area contributed by atoms with Gasteiger partial charge in [-0.2, -0.15) is 0 Å². The van der Waals surface area contributed by atoms with Crippen LogP contribution in [-0.4, -0.2) is 71.0 Å². The van der Waals surface area contributed by atoms with Gasteiger partial charge in [-0.3, -0.25) is 29.6 Å². The number of nitrogens with one attached hydrogen (secondary N) is 1. The first-order chi connectivity index (χ1) is 20.9. The number of carbonyl (C=O) groups is 3. The Morgan fingerprint density at radius 2 is 1.79 bits per heavy atom. The Kier molecular flexibility index (Phi) is 7.61. The summed E-state index contributed by atoms with van der Waals surface area (Å²) in [6.45, 7) is 2.99. The Morgan fingerprint density at radius 1 is 0.930 bits per heavy atom. The number of rotatable bonds is 7. The molecule has 2 aromatic carbocycles. The third kappa shape index (κ3) is 5.76. The highest BCUT2D eigenvalue weighted by Gasteiger charge is 2.39. The molecule has 9 heteroatoms. The summed E-state index contributed by atoms with van der Waals surface area (Å²) in [6, 6.07) is 16.0. The van der Waals surface area contributed by atoms with Crippen LogP contribution >= 0.6 is 0 Å². The number of pyridine rings is 1. The van der Waals surface area contributed by atoms with Crippen LogP contribution in [-0.2, 0) is 27.4 Å². The summed E-state index contributed by atoms with van der Waals surface area (Å²) in [6.07, 6.45) is 6.49. The Bertz CT molecular complexity index is 1570. The standard InChI is InChI=1S/C34H38N4O5/c1-42-25-6-3-22(4-7-25)29-11-5-23-16-21(2-10-30(23)35-29)18-37-15-14-27(20-37)43-26-8-9-28-24(17-26)19-38(34(28)41)31-12-13-32(39)36-33(31)40/h2,5,8-11,16-17,22,25,27,31H,3-4,6-7,12-15,18-20H2,1H3,(H,36,39,40)/t22?,25?,27-,31-/m0/s1. The van der Waals surface area contributed by atoms with E-state index in [9.17, 15) is 14.4 Å². The SMILES string of the molecule is COC1CCC(c2ccc3cc(CN4CC[C@H](Oc5ccc6c(c5)CN([C@H]5CCC(=O)NC5=O)C6=O)C4)ccc3n2)CC1. The highest BCUT2D eigenvalue weighted by Crippen LogP contribution is 2.34. The summed E-state index contributed by atoms with van der Waals surface area (Å²) in [5.41, 5.74) is 4.99. The fourth-order valence-electron chi connectivity index (χ4n) is 7.22. The molecule has 224 valence electrons. The van der Waals surface area contributed by atoms with E-state index in [0.29, 0.717) is 30.6 Å². The fraction of sp³-hybridized carbons (Fsp3) is 0.471. The first-order valence-electron chi connectivity index (χ1n) is 15.5. The predicted molar refractivity (Wildman–Crippen MR) is 161 cm³/mol. The topological polar surface area (TPSA) is 101 Å². The molecule has 0 radical (unpaired) electrons. The molecule has 3 amide bonds. The van der Waals surface area contributed by atoms with Crippen LogP contribution < -0.4 is 10.1 Å². The summed E-state index contributed by atoms with van der Waals surface area (Å²) in [7, 11) is 1.81. The fourth-order valence-corrected chi connectivity index (χ4v) is 7.22. The summed E-state index contributed by atoms with van der Waals surface area (Å²) < 4.78 is 11.9. The molecule has 4 heterocycles. The number of carbonyl (C=O) groups excluding carboxylic acids is 3. The minimum Gasteiger partial charge on any atom is -0.489 e. The van der Waals surface area contributed by atoms with Crippen molar-refractivity contribution < 1.29 is 23.9 Å². The number of nitrogens with zero attached hydrogens (tertiary/aromatic N) is 3. The zero-order valence-corrected chi connectivity index (χ0v) is 24.6. The maximum absolute atomic E-state index is 13.0. The van der Waals surface area contributed by atoms with Gasteiger partial charge in [-0.25, -0.2) is 0 Å². The smallest absolute Gasteiger partial charge is 0.255 e. The van der Waals surface area contributed by atoms with E-state index in [2.05, 4.69) is 40.5 Å². The van der Waals surface area contributed by atoms with E-state index in [0.717, 1.165) is 68.6 Å². The number of hydrogen-bond acceptors (Lipinski definition) is 7. The third-order valence-electron chi connectivity index (χ3n) is 9.63. The van der Waals surface area contributed by atoms with Gasteiger partial charge in [-0.15, -0.1) is 0 Å². The van der Waals surface area contributed by atoms with Crippen LogP contribution in [0.4, 0.5) is 0 Å². The first-order valence-corrected chi connectivity index (χ1v) is 15.5. The van der Waals surface area contributed by atoms with Gasteiger partial charge in [0, 0.05) is 62.3 Å². The van der Waals surface area contributed by atoms with Gasteiger partial charge in [-0.05, 0) is 86.1 Å². The van der Waals surface area contributed by atoms with Crippen LogP contribution in [0.1, 0.15) is 78.0 Å². The first kappa shape index (κ1) is 28.0. The Balaban J connectivity index is 0.945. The average Bonchev–Trinajstić information content (AvgIpc) is 3.59. The molecule has 2 saturated heterocycles. The normalized spacial score (nSPS) is 26.2. The van der Waals surface area contributed by atoms with Crippen molar-refractivity contribution in [2.75, 3.05) is 20.2 Å². The van der Waals surface area contributed by atoms with Gasteiger partial charge in [0.1, 0.15) is 17.9 Å². The molecule has 4 aliphatic rings. The summed E-state index contributed by atoms with van der Waals surface area (Å²) in [5, 5.41) is 3.53. The molecule has 3 fully saturated rings. The van der Waals surface area contributed by atoms with Crippen molar-refractivity contribution in [3.05, 3.63) is 70.9 Å². The average molecular weight is 583 g/mol. The largest absolute Gasteiger partial charge is 0.489 e. The molecule has 2 atom stereocenters. The lowest BCUT2D eigenvalue weighted by molar-refractivity contribution is -0.136. The predicted octanol–water partition coefficient (Wildman–Crippen LogP) is 4.32. The molecule has 1 saturated carbocycles. The molecule has 0 unspecified atom stereocenters. The maximum Gasteiger partial charge on any atom is 0.255 e. The Labute approximate surface area is 251 Å². The van der Waals surface area contributed by atoms with Crippen molar-refractivity contribution in [2.24, 2.45) is 0 Å². The van der Waals surface area contributed by atoms with E-state index in [1.54, 1.807) is 11.0 Å². The van der Waals surface area contributed by atoms with Gasteiger partial charge in [0.2, 0.25) is 11.8 Å². The molecule has 0 bridgehead atoms. The molecule has 3 aromatic rings. The van der Waals surface area contributed by atoms with Crippen molar-refractivity contribution >= 4 is 28.6 Å². The zero-order valence-electron chi connectivity index (χ0n) is 24.6. The van der Waals surface area contributed by atoms with Gasteiger partial charge in [0.15, 0.2) is 0 Å². The van der Waals surface area contributed by atoms with E-state index in [4.69, 9.17) is 14.5 Å². The number of piperidine rings is 1. The van der Waals surface area contributed by atoms with Crippen LogP contribution in [0, 0.1) is 0 Å². The van der Waals surface area contributed by atoms with Gasteiger partial charge < -0.3 is 14.4 Å². The van der Waals surface area contributed by atoms with Crippen molar-refractivity contribution in [1.29, 1.82) is 0 Å². The summed E-state index contributed by atoms with van der Waals surface area (Å²) in [4.78, 5) is 45.9. The third-order valence-corrected chi connectivity index (χ3v) is 9.63. The van der Waals surface area contributed by atoms with E-state index in [1.165, 1.54) is 16.6 Å². The number of hydrogen-bond donors (Lipinski definition) is 1. The van der Waals surface area contributed by atoms with Gasteiger partial charge >= 0.3 is 0 Å². The Morgan fingerprint density at radius 3 is 2.60 bits per heavy atom. The van der Waals surface area contributed by atoms with E-state index < -0.39 is 11.9 Å². The van der Waals surface area contributed by atoms with Gasteiger partial charge in [0.05, 0.1) is 11.6 Å².